The third-order valence-electron chi connectivity index (χ3n) is 3.59. The van der Waals surface area contributed by atoms with Crippen molar-refractivity contribution in [3.05, 3.63) is 59.2 Å². The molecule has 0 aromatic heterocycles. The smallest absolute Gasteiger partial charge is 0.120 e. The van der Waals surface area contributed by atoms with E-state index in [-0.39, 0.29) is 12.4 Å². The Morgan fingerprint density at radius 1 is 1.09 bits per heavy atom. The third-order valence-corrected chi connectivity index (χ3v) is 3.59. The summed E-state index contributed by atoms with van der Waals surface area (Å²) in [4.78, 5) is 1.96. The largest absolute Gasteiger partial charge is 0.508 e. The number of aliphatic hydroxyl groups excluding tert-OH is 1. The Morgan fingerprint density at radius 2 is 1.74 bits per heavy atom. The molecule has 0 heterocycles. The number of likely N-dealkylation sites (N-methyl/N-ethyl adjacent to an activating group) is 1. The van der Waals surface area contributed by atoms with Crippen molar-refractivity contribution in [2.45, 2.75) is 26.5 Å². The van der Waals surface area contributed by atoms with Gasteiger partial charge in [-0.2, -0.15) is 0 Å². The second kappa shape index (κ2) is 7.99. The van der Waals surface area contributed by atoms with E-state index < -0.39 is 6.10 Å². The Morgan fingerprint density at radius 3 is 2.39 bits per heavy atom. The molecule has 23 heavy (non-hydrogen) atoms. The van der Waals surface area contributed by atoms with Gasteiger partial charge in [-0.05, 0) is 50.2 Å². The lowest BCUT2D eigenvalue weighted by molar-refractivity contribution is 0.0741. The molecule has 0 radical (unpaired) electrons. The predicted octanol–water partition coefficient (Wildman–Crippen LogP) is 2.88. The molecule has 0 saturated heterocycles. The average molecular weight is 315 g/mol. The number of rotatable bonds is 7. The van der Waals surface area contributed by atoms with Crippen molar-refractivity contribution in [2.24, 2.45) is 0 Å². The monoisotopic (exact) mass is 315 g/mol. The van der Waals surface area contributed by atoms with Gasteiger partial charge in [-0.3, -0.25) is 4.90 Å². The van der Waals surface area contributed by atoms with Crippen LogP contribution >= 0.6 is 0 Å². The van der Waals surface area contributed by atoms with E-state index in [4.69, 9.17) is 4.74 Å². The number of aromatic hydroxyl groups is 1. The highest BCUT2D eigenvalue weighted by atomic mass is 16.5. The Bertz CT molecular complexity index is 622. The van der Waals surface area contributed by atoms with Gasteiger partial charge >= 0.3 is 0 Å². The minimum Gasteiger partial charge on any atom is -0.508 e. The van der Waals surface area contributed by atoms with E-state index in [1.54, 1.807) is 12.1 Å². The van der Waals surface area contributed by atoms with E-state index in [1.807, 2.05) is 50.1 Å². The van der Waals surface area contributed by atoms with Crippen LogP contribution in [0.1, 0.15) is 16.7 Å². The van der Waals surface area contributed by atoms with E-state index >= 15 is 0 Å². The highest BCUT2D eigenvalue weighted by Gasteiger charge is 2.11. The van der Waals surface area contributed by atoms with Crippen LogP contribution in [0.2, 0.25) is 0 Å². The van der Waals surface area contributed by atoms with Crippen molar-refractivity contribution < 1.29 is 14.9 Å². The molecule has 4 nitrogen and oxygen atoms in total. The summed E-state index contributed by atoms with van der Waals surface area (Å²) in [6.45, 7) is 5.34. The number of ether oxygens (including phenoxy) is 1. The van der Waals surface area contributed by atoms with Gasteiger partial charge in [0, 0.05) is 18.7 Å². The molecular weight excluding hydrogens is 290 g/mol. The van der Waals surface area contributed by atoms with Crippen LogP contribution < -0.4 is 4.74 Å². The lowest BCUT2D eigenvalue weighted by Crippen LogP contribution is -2.32. The molecule has 1 unspecified atom stereocenters. The normalized spacial score (nSPS) is 12.4. The van der Waals surface area contributed by atoms with Gasteiger partial charge in [-0.15, -0.1) is 0 Å². The van der Waals surface area contributed by atoms with Crippen molar-refractivity contribution in [3.8, 4) is 11.5 Å². The van der Waals surface area contributed by atoms with Crippen molar-refractivity contribution in [3.63, 3.8) is 0 Å². The fourth-order valence-corrected chi connectivity index (χ4v) is 2.62. The summed E-state index contributed by atoms with van der Waals surface area (Å²) < 4.78 is 5.68. The second-order valence-corrected chi connectivity index (χ2v) is 6.11. The van der Waals surface area contributed by atoms with Crippen molar-refractivity contribution in [2.75, 3.05) is 20.2 Å². The summed E-state index contributed by atoms with van der Waals surface area (Å²) in [5.74, 6) is 1.06. The quantitative estimate of drug-likeness (QED) is 0.825. The first-order valence-electron chi connectivity index (χ1n) is 7.78. The molecule has 0 saturated carbocycles. The van der Waals surface area contributed by atoms with Crippen LogP contribution in [0, 0.1) is 13.8 Å². The fourth-order valence-electron chi connectivity index (χ4n) is 2.62. The van der Waals surface area contributed by atoms with Gasteiger partial charge in [-0.25, -0.2) is 0 Å². The molecule has 0 aliphatic carbocycles. The molecule has 2 N–H and O–H groups in total. The van der Waals surface area contributed by atoms with Gasteiger partial charge in [0.25, 0.3) is 0 Å². The molecule has 124 valence electrons. The lowest BCUT2D eigenvalue weighted by atomic mass is 10.1. The molecule has 0 spiro atoms. The van der Waals surface area contributed by atoms with Crippen LogP contribution in [0.5, 0.6) is 11.5 Å². The van der Waals surface area contributed by atoms with E-state index in [1.165, 1.54) is 0 Å². The van der Waals surface area contributed by atoms with Crippen LogP contribution in [0.4, 0.5) is 0 Å². The number of aryl methyl sites for hydroxylation is 2. The number of phenolic OH excluding ortho intramolecular Hbond substituents is 1. The van der Waals surface area contributed by atoms with Gasteiger partial charge < -0.3 is 14.9 Å². The van der Waals surface area contributed by atoms with Crippen LogP contribution in [0.3, 0.4) is 0 Å². The molecule has 4 heteroatoms. The summed E-state index contributed by atoms with van der Waals surface area (Å²) in [6.07, 6.45) is -0.591. The Hall–Kier alpha value is -2.04. The van der Waals surface area contributed by atoms with Gasteiger partial charge in [-0.1, -0.05) is 24.3 Å². The summed E-state index contributed by atoms with van der Waals surface area (Å²) in [5.41, 5.74) is 3.13. The number of para-hydroxylation sites is 1. The molecule has 2 rings (SSSR count). The molecular formula is C19H25NO3. The van der Waals surface area contributed by atoms with E-state index in [0.717, 1.165) is 22.4 Å². The molecule has 0 amide bonds. The van der Waals surface area contributed by atoms with Crippen LogP contribution in [0.25, 0.3) is 0 Å². The molecule has 2 aromatic carbocycles. The molecule has 0 bridgehead atoms. The zero-order chi connectivity index (χ0) is 16.8. The Kier molecular flexibility index (Phi) is 6.02. The average Bonchev–Trinajstić information content (AvgIpc) is 2.46. The molecule has 0 fully saturated rings. The van der Waals surface area contributed by atoms with Crippen molar-refractivity contribution >= 4 is 0 Å². The highest BCUT2D eigenvalue weighted by Crippen LogP contribution is 2.18. The van der Waals surface area contributed by atoms with E-state index in [9.17, 15) is 10.2 Å². The summed E-state index contributed by atoms with van der Waals surface area (Å²) >= 11 is 0. The molecule has 0 aliphatic rings. The second-order valence-electron chi connectivity index (χ2n) is 6.11. The molecule has 2 aromatic rings. The number of hydrogen-bond acceptors (Lipinski definition) is 4. The lowest BCUT2D eigenvalue weighted by Gasteiger charge is -2.21. The SMILES string of the molecule is Cc1cc(C)cc(OCC(O)CN(C)Cc2ccccc2O)c1. The van der Waals surface area contributed by atoms with Gasteiger partial charge in [0.1, 0.15) is 24.2 Å². The minimum absolute atomic E-state index is 0.244. The van der Waals surface area contributed by atoms with Gasteiger partial charge in [0.05, 0.1) is 0 Å². The molecule has 0 aliphatic heterocycles. The zero-order valence-electron chi connectivity index (χ0n) is 14.0. The van der Waals surface area contributed by atoms with Crippen LogP contribution in [-0.2, 0) is 6.54 Å². The summed E-state index contributed by atoms with van der Waals surface area (Å²) in [5, 5.41) is 19.9. The zero-order valence-corrected chi connectivity index (χ0v) is 14.0. The maximum absolute atomic E-state index is 10.1. The summed E-state index contributed by atoms with van der Waals surface area (Å²) in [7, 11) is 1.91. The van der Waals surface area contributed by atoms with Gasteiger partial charge in [0.15, 0.2) is 0 Å². The van der Waals surface area contributed by atoms with Crippen molar-refractivity contribution in [1.29, 1.82) is 0 Å². The first kappa shape index (κ1) is 17.3. The highest BCUT2D eigenvalue weighted by molar-refractivity contribution is 5.33. The van der Waals surface area contributed by atoms with E-state index in [0.29, 0.717) is 13.1 Å². The maximum Gasteiger partial charge on any atom is 0.120 e. The van der Waals surface area contributed by atoms with Crippen LogP contribution in [0.15, 0.2) is 42.5 Å². The fraction of sp³-hybridized carbons (Fsp3) is 0.368. The minimum atomic E-state index is -0.591. The standard InChI is InChI=1S/C19H25NO3/c1-14-8-15(2)10-18(9-14)23-13-17(21)12-20(3)11-16-6-4-5-7-19(16)22/h4-10,17,21-22H,11-13H2,1-3H3. The van der Waals surface area contributed by atoms with Gasteiger partial charge in [0.2, 0.25) is 0 Å². The first-order valence-corrected chi connectivity index (χ1v) is 7.78. The Balaban J connectivity index is 1.82. The topological polar surface area (TPSA) is 52.9 Å². The predicted molar refractivity (Wildman–Crippen MR) is 91.9 cm³/mol. The van der Waals surface area contributed by atoms with E-state index in [2.05, 4.69) is 6.07 Å². The third kappa shape index (κ3) is 5.58. The van der Waals surface area contributed by atoms with Crippen LogP contribution in [-0.4, -0.2) is 41.4 Å². The Labute approximate surface area is 138 Å². The maximum atomic E-state index is 10.1. The number of phenols is 1. The molecule has 1 atom stereocenters. The number of nitrogens with zero attached hydrogens (tertiary/aromatic N) is 1. The van der Waals surface area contributed by atoms with Crippen molar-refractivity contribution in [1.82, 2.24) is 4.90 Å². The number of benzene rings is 2. The summed E-state index contributed by atoms with van der Waals surface area (Å²) in [6, 6.07) is 13.3. The number of aliphatic hydroxyl groups is 1. The number of hydrogen-bond donors (Lipinski definition) is 2. The first-order chi connectivity index (χ1) is 10.9.